The number of pyridine rings is 1. The lowest BCUT2D eigenvalue weighted by molar-refractivity contribution is 0.0987. The van der Waals surface area contributed by atoms with Crippen LogP contribution in [0.2, 0.25) is 5.02 Å². The van der Waals surface area contributed by atoms with Gasteiger partial charge in [-0.25, -0.2) is 4.98 Å². The Morgan fingerprint density at radius 1 is 1.29 bits per heavy atom. The number of rotatable bonds is 4. The number of amides is 1. The van der Waals surface area contributed by atoms with Gasteiger partial charge in [0.1, 0.15) is 5.69 Å². The Kier molecular flexibility index (Phi) is 4.43. The molecule has 8 heteroatoms. The van der Waals surface area contributed by atoms with Crippen molar-refractivity contribution in [1.29, 1.82) is 0 Å². The first kappa shape index (κ1) is 15.9. The quantitative estimate of drug-likeness (QED) is 0.728. The van der Waals surface area contributed by atoms with Crippen LogP contribution in [0.25, 0.3) is 5.69 Å². The third kappa shape index (κ3) is 3.07. The minimum Gasteiger partial charge on any atom is -0.480 e. The van der Waals surface area contributed by atoms with E-state index < -0.39 is 0 Å². The van der Waals surface area contributed by atoms with Crippen LogP contribution >= 0.6 is 11.6 Å². The summed E-state index contributed by atoms with van der Waals surface area (Å²) in [5.41, 5.74) is 1.41. The SMILES string of the molecule is COc1ncccc1N(C)C(=O)c1cnn(-c2cccc(Cl)c2)n1. The van der Waals surface area contributed by atoms with Gasteiger partial charge in [-0.15, -0.1) is 5.10 Å². The molecule has 7 nitrogen and oxygen atoms in total. The molecule has 2 heterocycles. The van der Waals surface area contributed by atoms with Gasteiger partial charge in [-0.05, 0) is 30.3 Å². The van der Waals surface area contributed by atoms with Gasteiger partial charge >= 0.3 is 0 Å². The number of ether oxygens (including phenoxy) is 1. The van der Waals surface area contributed by atoms with Crippen molar-refractivity contribution >= 4 is 23.2 Å². The molecular weight excluding hydrogens is 330 g/mol. The molecule has 0 aliphatic heterocycles. The van der Waals surface area contributed by atoms with Gasteiger partial charge in [0, 0.05) is 18.3 Å². The number of aromatic nitrogens is 4. The van der Waals surface area contributed by atoms with E-state index in [-0.39, 0.29) is 11.6 Å². The predicted octanol–water partition coefficient (Wildman–Crippen LogP) is 2.60. The Morgan fingerprint density at radius 3 is 2.88 bits per heavy atom. The molecular formula is C16H14ClN5O2. The fourth-order valence-corrected chi connectivity index (χ4v) is 2.35. The van der Waals surface area contributed by atoms with E-state index in [0.717, 1.165) is 0 Å². The van der Waals surface area contributed by atoms with Gasteiger partial charge in [0.05, 0.1) is 19.0 Å². The highest BCUT2D eigenvalue weighted by Gasteiger charge is 2.20. The fourth-order valence-electron chi connectivity index (χ4n) is 2.16. The zero-order valence-corrected chi connectivity index (χ0v) is 13.8. The maximum Gasteiger partial charge on any atom is 0.280 e. The highest BCUT2D eigenvalue weighted by Crippen LogP contribution is 2.25. The molecule has 0 atom stereocenters. The molecule has 0 N–H and O–H groups in total. The molecule has 1 amide bonds. The van der Waals surface area contributed by atoms with Crippen molar-refractivity contribution in [2.24, 2.45) is 0 Å². The summed E-state index contributed by atoms with van der Waals surface area (Å²) in [6.45, 7) is 0. The smallest absolute Gasteiger partial charge is 0.280 e. The van der Waals surface area contributed by atoms with Crippen LogP contribution in [0.3, 0.4) is 0 Å². The highest BCUT2D eigenvalue weighted by molar-refractivity contribution is 6.30. The van der Waals surface area contributed by atoms with Crippen molar-refractivity contribution in [3.8, 4) is 11.6 Å². The average molecular weight is 344 g/mol. The lowest BCUT2D eigenvalue weighted by Gasteiger charge is -2.17. The van der Waals surface area contributed by atoms with Gasteiger partial charge < -0.3 is 9.64 Å². The maximum absolute atomic E-state index is 12.6. The van der Waals surface area contributed by atoms with E-state index in [4.69, 9.17) is 16.3 Å². The van der Waals surface area contributed by atoms with E-state index in [9.17, 15) is 4.79 Å². The second-order valence-electron chi connectivity index (χ2n) is 4.90. The fraction of sp³-hybridized carbons (Fsp3) is 0.125. The maximum atomic E-state index is 12.6. The number of hydrogen-bond donors (Lipinski definition) is 0. The van der Waals surface area contributed by atoms with Crippen LogP contribution in [-0.2, 0) is 0 Å². The topological polar surface area (TPSA) is 73.1 Å². The van der Waals surface area contributed by atoms with Crippen LogP contribution < -0.4 is 9.64 Å². The summed E-state index contributed by atoms with van der Waals surface area (Å²) in [6, 6.07) is 10.5. The molecule has 122 valence electrons. The first-order valence-corrected chi connectivity index (χ1v) is 7.43. The first-order chi connectivity index (χ1) is 11.6. The summed E-state index contributed by atoms with van der Waals surface area (Å²) >= 11 is 5.96. The van der Waals surface area contributed by atoms with E-state index in [1.165, 1.54) is 23.0 Å². The summed E-state index contributed by atoms with van der Waals surface area (Å²) in [7, 11) is 3.12. The molecule has 0 spiro atoms. The van der Waals surface area contributed by atoms with Gasteiger partial charge in [-0.2, -0.15) is 9.90 Å². The molecule has 1 aromatic carbocycles. The lowest BCUT2D eigenvalue weighted by Crippen LogP contribution is -2.27. The van der Waals surface area contributed by atoms with Crippen LogP contribution in [0.15, 0.2) is 48.8 Å². The van der Waals surface area contributed by atoms with Crippen molar-refractivity contribution in [3.05, 3.63) is 59.5 Å². The molecule has 0 radical (unpaired) electrons. The Hall–Kier alpha value is -2.93. The summed E-state index contributed by atoms with van der Waals surface area (Å²) in [6.07, 6.45) is 3.00. The van der Waals surface area contributed by atoms with Crippen LogP contribution in [-0.4, -0.2) is 40.0 Å². The van der Waals surface area contributed by atoms with Crippen LogP contribution in [0, 0.1) is 0 Å². The molecule has 0 aliphatic rings. The number of hydrogen-bond acceptors (Lipinski definition) is 5. The van der Waals surface area contributed by atoms with Crippen molar-refractivity contribution in [2.75, 3.05) is 19.1 Å². The molecule has 3 aromatic rings. The summed E-state index contributed by atoms with van der Waals surface area (Å²) in [5.74, 6) is 0.0326. The Bertz CT molecular complexity index is 880. The number of nitrogens with zero attached hydrogens (tertiary/aromatic N) is 5. The average Bonchev–Trinajstić information content (AvgIpc) is 3.10. The second kappa shape index (κ2) is 6.67. The van der Waals surface area contributed by atoms with Crippen LogP contribution in [0.5, 0.6) is 5.88 Å². The molecule has 0 saturated heterocycles. The van der Waals surface area contributed by atoms with E-state index >= 15 is 0 Å². The minimum absolute atomic E-state index is 0.198. The standard InChI is InChI=1S/C16H14ClN5O2/c1-21(14-7-4-8-18-15(14)24-2)16(23)13-10-19-22(20-13)12-6-3-5-11(17)9-12/h3-10H,1-2H3. The van der Waals surface area contributed by atoms with E-state index in [1.807, 2.05) is 0 Å². The number of carbonyl (C=O) groups excluding carboxylic acids is 1. The molecule has 3 rings (SSSR count). The van der Waals surface area contributed by atoms with Gasteiger partial charge in [-0.1, -0.05) is 17.7 Å². The Morgan fingerprint density at radius 2 is 2.12 bits per heavy atom. The zero-order valence-electron chi connectivity index (χ0n) is 13.0. The first-order valence-electron chi connectivity index (χ1n) is 7.05. The Labute approximate surface area is 143 Å². The molecule has 0 fully saturated rings. The van der Waals surface area contributed by atoms with Crippen molar-refractivity contribution < 1.29 is 9.53 Å². The summed E-state index contributed by atoms with van der Waals surface area (Å²) in [4.78, 5) is 19.5. The van der Waals surface area contributed by atoms with E-state index in [0.29, 0.717) is 22.3 Å². The number of anilines is 1. The third-order valence-corrected chi connectivity index (χ3v) is 3.60. The van der Waals surface area contributed by atoms with Gasteiger partial charge in [0.25, 0.3) is 5.91 Å². The van der Waals surface area contributed by atoms with Gasteiger partial charge in [0.15, 0.2) is 5.69 Å². The van der Waals surface area contributed by atoms with E-state index in [2.05, 4.69) is 15.2 Å². The van der Waals surface area contributed by atoms with Crippen molar-refractivity contribution in [1.82, 2.24) is 20.0 Å². The van der Waals surface area contributed by atoms with Gasteiger partial charge in [-0.3, -0.25) is 4.79 Å². The number of benzene rings is 1. The summed E-state index contributed by atoms with van der Waals surface area (Å²) in [5, 5.41) is 8.90. The molecule has 2 aromatic heterocycles. The van der Waals surface area contributed by atoms with Gasteiger partial charge in [0.2, 0.25) is 5.88 Å². The number of halogens is 1. The molecule has 0 saturated carbocycles. The second-order valence-corrected chi connectivity index (χ2v) is 5.33. The predicted molar refractivity (Wildman–Crippen MR) is 89.9 cm³/mol. The molecule has 24 heavy (non-hydrogen) atoms. The zero-order chi connectivity index (χ0) is 17.1. The monoisotopic (exact) mass is 343 g/mol. The normalized spacial score (nSPS) is 10.5. The minimum atomic E-state index is -0.324. The van der Waals surface area contributed by atoms with E-state index in [1.54, 1.807) is 49.6 Å². The summed E-state index contributed by atoms with van der Waals surface area (Å²) < 4.78 is 5.18. The largest absolute Gasteiger partial charge is 0.480 e. The van der Waals surface area contributed by atoms with Crippen molar-refractivity contribution in [3.63, 3.8) is 0 Å². The van der Waals surface area contributed by atoms with Crippen LogP contribution in [0.4, 0.5) is 5.69 Å². The van der Waals surface area contributed by atoms with Crippen LogP contribution in [0.1, 0.15) is 10.5 Å². The number of methoxy groups -OCH3 is 1. The molecule has 0 bridgehead atoms. The molecule has 0 aliphatic carbocycles. The molecule has 0 unspecified atom stereocenters. The lowest BCUT2D eigenvalue weighted by atomic mass is 10.3. The Balaban J connectivity index is 1.88. The van der Waals surface area contributed by atoms with Crippen molar-refractivity contribution in [2.45, 2.75) is 0 Å². The third-order valence-electron chi connectivity index (χ3n) is 3.36. The number of carbonyl (C=O) groups is 1. The highest BCUT2D eigenvalue weighted by atomic mass is 35.5.